The largest absolute Gasteiger partial charge is 0.394 e. The molecule has 0 aromatic carbocycles. The predicted octanol–water partition coefficient (Wildman–Crippen LogP) is -0.469. The van der Waals surface area contributed by atoms with Gasteiger partial charge in [0.25, 0.3) is 0 Å². The summed E-state index contributed by atoms with van der Waals surface area (Å²) in [5.74, 6) is 0.673. The quantitative estimate of drug-likeness (QED) is 0.0609. The van der Waals surface area contributed by atoms with Crippen LogP contribution >= 0.6 is 0 Å². The average Bonchev–Trinajstić information content (AvgIpc) is 1.73. The molecule has 0 aromatic heterocycles. The number of rotatable bonds is 18. The Bertz CT molecular complexity index is 2220. The molecule has 9 rings (SSSR count). The molecular weight excluding hydrogens is 1090 g/mol. The fraction of sp³-hybridized carbons (Fsp3) is 0.932. The summed E-state index contributed by atoms with van der Waals surface area (Å²) in [6.07, 6.45) is -26.8. The second-order valence-electron chi connectivity index (χ2n) is 27.3. The van der Waals surface area contributed by atoms with Crippen molar-refractivity contribution in [2.45, 2.75) is 273 Å². The van der Waals surface area contributed by atoms with E-state index in [-0.39, 0.29) is 34.7 Å². The molecule has 26 unspecified atom stereocenters. The van der Waals surface area contributed by atoms with E-state index in [1.165, 1.54) is 19.6 Å². The van der Waals surface area contributed by atoms with E-state index in [2.05, 4.69) is 47.3 Å². The maximum absolute atomic E-state index is 12.4. The third-order valence-corrected chi connectivity index (χ3v) is 21.8. The molecule has 478 valence electrons. The molecule has 0 amide bonds. The minimum absolute atomic E-state index is 0.00988. The Morgan fingerprint density at radius 2 is 1.18 bits per heavy atom. The number of hydrogen-bond acceptors (Lipinski definition) is 24. The van der Waals surface area contributed by atoms with E-state index in [0.29, 0.717) is 12.3 Å². The van der Waals surface area contributed by atoms with Crippen molar-refractivity contribution in [2.75, 3.05) is 33.5 Å². The van der Waals surface area contributed by atoms with Gasteiger partial charge in [0, 0.05) is 7.11 Å². The standard InChI is InChI=1S/C59H98O24/c1-26(2)12-11-18-59(9,72)35-16-21-57(7)29-13-14-34-55(4,5)36(17-19-56(34,6)28(29)15-20-58(35,57)8)79-53-48(38(65)31(63)25-75-53)83-54-49(82-50-41(68)37(64)30(62)24-74-50)42(69)45(27(3)76-54)80-52-44(71)47(40(67)33(23-61)78-52)81-51-43(70)46(73-10)39(66)32(22-60)77-51/h15,27,29-54,60-72H,1,11-14,16-25H2,2-10H3/t27?,29?,30?,31?,32?,33?,34?,35?,36-,37?,38?,39?,40?,41?,42?,43?,44?,45?,46?,47?,48?,49?,50?,51?,52?,53?,54?,56+,57-,58+,59-/m0/s1. The number of hydrogen-bond donors (Lipinski definition) is 13. The molecule has 5 aliphatic heterocycles. The molecular formula is C59H98O24. The van der Waals surface area contributed by atoms with Crippen molar-refractivity contribution in [1.29, 1.82) is 0 Å². The third-order valence-electron chi connectivity index (χ3n) is 21.8. The molecule has 0 radical (unpaired) electrons. The van der Waals surface area contributed by atoms with E-state index in [1.54, 1.807) is 0 Å². The first kappa shape index (κ1) is 66.0. The first-order valence-electron chi connectivity index (χ1n) is 30.1. The van der Waals surface area contributed by atoms with Gasteiger partial charge in [0.15, 0.2) is 31.5 Å². The van der Waals surface area contributed by atoms with Gasteiger partial charge < -0.3 is 118 Å². The molecule has 5 heterocycles. The lowest BCUT2D eigenvalue weighted by Gasteiger charge is -2.65. The van der Waals surface area contributed by atoms with Crippen LogP contribution in [0.5, 0.6) is 0 Å². The molecule has 31 atom stereocenters. The maximum atomic E-state index is 12.4. The van der Waals surface area contributed by atoms with E-state index in [0.717, 1.165) is 63.4 Å². The summed E-state index contributed by atoms with van der Waals surface area (Å²) >= 11 is 0. The van der Waals surface area contributed by atoms with Crippen molar-refractivity contribution in [3.63, 3.8) is 0 Å². The molecule has 5 saturated heterocycles. The molecule has 0 bridgehead atoms. The van der Waals surface area contributed by atoms with Crippen molar-refractivity contribution < 1.29 is 118 Å². The number of aliphatic hydroxyl groups is 13. The first-order valence-corrected chi connectivity index (χ1v) is 30.1. The molecule has 83 heavy (non-hydrogen) atoms. The van der Waals surface area contributed by atoms with Crippen molar-refractivity contribution in [3.8, 4) is 0 Å². The molecule has 0 aromatic rings. The van der Waals surface area contributed by atoms with Crippen LogP contribution in [0, 0.1) is 39.4 Å². The lowest BCUT2D eigenvalue weighted by Crippen LogP contribution is -2.68. The monoisotopic (exact) mass is 1190 g/mol. The Balaban J connectivity index is 0.932. The van der Waals surface area contributed by atoms with Gasteiger partial charge in [-0.15, -0.1) is 6.58 Å². The van der Waals surface area contributed by atoms with Gasteiger partial charge in [-0.25, -0.2) is 0 Å². The topological polar surface area (TPSA) is 365 Å². The lowest BCUT2D eigenvalue weighted by atomic mass is 9.41. The molecule has 4 aliphatic carbocycles. The van der Waals surface area contributed by atoms with Crippen molar-refractivity contribution >= 4 is 0 Å². The summed E-state index contributed by atoms with van der Waals surface area (Å²) in [6.45, 7) is 18.9. The SMILES string of the molecule is C=C(C)CCC[C@](C)(O)C1CC[C@@]2(C)C3CCC4C(C)(C)[C@@H](OC5OCC(O)C(O)C5OC5OC(C)C(OC6OC(CO)C(O)C(OC7OC(CO)C(O)C(OC)C7O)C6O)C(O)C5OC5OCC(O)C(O)C5O)CC[C@]4(C)C3=CC[C@]12C. The highest BCUT2D eigenvalue weighted by Crippen LogP contribution is 2.73. The van der Waals surface area contributed by atoms with Crippen molar-refractivity contribution in [1.82, 2.24) is 0 Å². The second-order valence-corrected chi connectivity index (χ2v) is 27.3. The van der Waals surface area contributed by atoms with Crippen LogP contribution in [-0.4, -0.2) is 253 Å². The number of methoxy groups -OCH3 is 1. The van der Waals surface area contributed by atoms with Crippen LogP contribution in [0.25, 0.3) is 0 Å². The summed E-state index contributed by atoms with van der Waals surface area (Å²) in [7, 11) is 1.20. The van der Waals surface area contributed by atoms with Crippen LogP contribution in [0.2, 0.25) is 0 Å². The molecule has 8 fully saturated rings. The van der Waals surface area contributed by atoms with Gasteiger partial charge >= 0.3 is 0 Å². The van der Waals surface area contributed by atoms with Crippen LogP contribution in [0.1, 0.15) is 120 Å². The number of aliphatic hydroxyl groups excluding tert-OH is 12. The van der Waals surface area contributed by atoms with Crippen LogP contribution in [0.15, 0.2) is 23.8 Å². The first-order chi connectivity index (χ1) is 39.0. The maximum Gasteiger partial charge on any atom is 0.187 e. The van der Waals surface area contributed by atoms with E-state index in [4.69, 9.17) is 52.1 Å². The van der Waals surface area contributed by atoms with Crippen LogP contribution in [0.4, 0.5) is 0 Å². The summed E-state index contributed by atoms with van der Waals surface area (Å²) in [5.41, 5.74) is 1.09. The zero-order chi connectivity index (χ0) is 60.6. The summed E-state index contributed by atoms with van der Waals surface area (Å²) in [5, 5.41) is 144. The van der Waals surface area contributed by atoms with Crippen LogP contribution in [-0.2, 0) is 52.1 Å². The van der Waals surface area contributed by atoms with Gasteiger partial charge in [0.2, 0.25) is 0 Å². The van der Waals surface area contributed by atoms with Crippen molar-refractivity contribution in [2.24, 2.45) is 39.4 Å². The van der Waals surface area contributed by atoms with Gasteiger partial charge in [-0.2, -0.15) is 0 Å². The fourth-order valence-electron chi connectivity index (χ4n) is 16.8. The third kappa shape index (κ3) is 12.0. The Morgan fingerprint density at radius 3 is 1.81 bits per heavy atom. The molecule has 13 N–H and O–H groups in total. The van der Waals surface area contributed by atoms with E-state index in [9.17, 15) is 66.4 Å². The minimum atomic E-state index is -1.98. The molecule has 0 spiro atoms. The summed E-state index contributed by atoms with van der Waals surface area (Å²) in [4.78, 5) is 0. The highest BCUT2D eigenvalue weighted by atomic mass is 16.8. The fourth-order valence-corrected chi connectivity index (χ4v) is 16.8. The number of fused-ring (bicyclic) bond motifs is 5. The van der Waals surface area contributed by atoms with E-state index >= 15 is 0 Å². The smallest absolute Gasteiger partial charge is 0.187 e. The Hall–Kier alpha value is -1.48. The second kappa shape index (κ2) is 25.4. The Morgan fingerprint density at radius 1 is 0.614 bits per heavy atom. The van der Waals surface area contributed by atoms with Gasteiger partial charge in [-0.3, -0.25) is 0 Å². The normalized spacial score (nSPS) is 51.7. The van der Waals surface area contributed by atoms with Gasteiger partial charge in [0.05, 0.1) is 44.2 Å². The Kier molecular flexibility index (Phi) is 20.2. The minimum Gasteiger partial charge on any atom is -0.394 e. The average molecular weight is 1190 g/mol. The molecule has 3 saturated carbocycles. The summed E-state index contributed by atoms with van der Waals surface area (Å²) < 4.78 is 66.6. The zero-order valence-corrected chi connectivity index (χ0v) is 49.6. The predicted molar refractivity (Wildman–Crippen MR) is 289 cm³/mol. The van der Waals surface area contributed by atoms with Gasteiger partial charge in [-0.05, 0) is 124 Å². The Labute approximate surface area is 486 Å². The molecule has 9 aliphatic rings. The van der Waals surface area contributed by atoms with Crippen molar-refractivity contribution in [3.05, 3.63) is 23.8 Å². The van der Waals surface area contributed by atoms with Gasteiger partial charge in [0.1, 0.15) is 104 Å². The zero-order valence-electron chi connectivity index (χ0n) is 49.6. The van der Waals surface area contributed by atoms with E-state index < -0.39 is 178 Å². The number of ether oxygens (including phenoxy) is 11. The van der Waals surface area contributed by atoms with Crippen LogP contribution < -0.4 is 0 Å². The highest BCUT2D eigenvalue weighted by Gasteiger charge is 2.68. The molecule has 24 nitrogen and oxygen atoms in total. The van der Waals surface area contributed by atoms with Crippen LogP contribution in [0.3, 0.4) is 0 Å². The lowest BCUT2D eigenvalue weighted by molar-refractivity contribution is -0.403. The summed E-state index contributed by atoms with van der Waals surface area (Å²) in [6, 6.07) is 0. The molecule has 24 heteroatoms. The number of allylic oxidation sites excluding steroid dienone is 3. The van der Waals surface area contributed by atoms with E-state index in [1.807, 2.05) is 13.8 Å². The highest BCUT2D eigenvalue weighted by molar-refractivity contribution is 5.33. The van der Waals surface area contributed by atoms with Gasteiger partial charge in [-0.1, -0.05) is 51.8 Å².